The molecule has 18 heavy (non-hydrogen) atoms. The highest BCUT2D eigenvalue weighted by Crippen LogP contribution is 2.27. The largest absolute Gasteiger partial charge is 0.384 e. The lowest BCUT2D eigenvalue weighted by atomic mass is 9.89. The van der Waals surface area contributed by atoms with E-state index in [1.807, 2.05) is 11.6 Å². The summed E-state index contributed by atoms with van der Waals surface area (Å²) in [4.78, 5) is 0. The molecule has 1 saturated heterocycles. The van der Waals surface area contributed by atoms with Gasteiger partial charge >= 0.3 is 0 Å². The average molecular weight is 252 g/mol. The van der Waals surface area contributed by atoms with Gasteiger partial charge < -0.3 is 10.4 Å². The summed E-state index contributed by atoms with van der Waals surface area (Å²) >= 11 is 0. The van der Waals surface area contributed by atoms with E-state index in [0.29, 0.717) is 6.04 Å². The SMILES string of the molecule is CCCn1nncc1C(C)(O)CC1CCCCN1. The van der Waals surface area contributed by atoms with Crippen LogP contribution in [0.25, 0.3) is 0 Å². The van der Waals surface area contributed by atoms with E-state index in [0.717, 1.165) is 38.0 Å². The normalized spacial score (nSPS) is 23.8. The number of aryl methyl sites for hydroxylation is 1. The predicted octanol–water partition coefficient (Wildman–Crippen LogP) is 1.43. The lowest BCUT2D eigenvalue weighted by Gasteiger charge is -2.31. The third kappa shape index (κ3) is 3.09. The van der Waals surface area contributed by atoms with Crippen LogP contribution in [-0.2, 0) is 12.1 Å². The van der Waals surface area contributed by atoms with Gasteiger partial charge in [-0.2, -0.15) is 0 Å². The van der Waals surface area contributed by atoms with Crippen molar-refractivity contribution in [1.29, 1.82) is 0 Å². The molecule has 1 aliphatic rings. The number of hydrogen-bond donors (Lipinski definition) is 2. The van der Waals surface area contributed by atoms with Crippen LogP contribution in [0.5, 0.6) is 0 Å². The Kier molecular flexibility index (Phi) is 4.35. The molecular weight excluding hydrogens is 228 g/mol. The monoisotopic (exact) mass is 252 g/mol. The second kappa shape index (κ2) is 5.80. The molecule has 1 aromatic rings. The molecule has 1 fully saturated rings. The first kappa shape index (κ1) is 13.5. The van der Waals surface area contributed by atoms with Gasteiger partial charge in [-0.3, -0.25) is 0 Å². The van der Waals surface area contributed by atoms with Gasteiger partial charge in [0.05, 0.1) is 11.9 Å². The van der Waals surface area contributed by atoms with Gasteiger partial charge in [0, 0.05) is 12.6 Å². The summed E-state index contributed by atoms with van der Waals surface area (Å²) in [7, 11) is 0. The molecule has 5 heteroatoms. The number of aliphatic hydroxyl groups is 1. The summed E-state index contributed by atoms with van der Waals surface area (Å²) in [5.74, 6) is 0. The van der Waals surface area contributed by atoms with E-state index < -0.39 is 5.60 Å². The van der Waals surface area contributed by atoms with E-state index in [1.165, 1.54) is 12.8 Å². The van der Waals surface area contributed by atoms with Crippen molar-refractivity contribution in [3.05, 3.63) is 11.9 Å². The maximum atomic E-state index is 10.7. The van der Waals surface area contributed by atoms with Crippen LogP contribution in [0.3, 0.4) is 0 Å². The van der Waals surface area contributed by atoms with Crippen molar-refractivity contribution in [3.63, 3.8) is 0 Å². The number of nitrogens with zero attached hydrogens (tertiary/aromatic N) is 3. The van der Waals surface area contributed by atoms with Gasteiger partial charge in [0.1, 0.15) is 5.60 Å². The first-order valence-electron chi connectivity index (χ1n) is 6.98. The number of piperidine rings is 1. The van der Waals surface area contributed by atoms with Crippen molar-refractivity contribution in [2.75, 3.05) is 6.54 Å². The fraction of sp³-hybridized carbons (Fsp3) is 0.846. The van der Waals surface area contributed by atoms with Crippen molar-refractivity contribution < 1.29 is 5.11 Å². The van der Waals surface area contributed by atoms with Crippen LogP contribution in [0, 0.1) is 0 Å². The van der Waals surface area contributed by atoms with E-state index >= 15 is 0 Å². The van der Waals surface area contributed by atoms with Crippen molar-refractivity contribution in [2.45, 2.75) is 64.1 Å². The van der Waals surface area contributed by atoms with Crippen LogP contribution in [-0.4, -0.2) is 32.7 Å². The highest BCUT2D eigenvalue weighted by atomic mass is 16.3. The Bertz CT molecular complexity index is 369. The highest BCUT2D eigenvalue weighted by Gasteiger charge is 2.31. The van der Waals surface area contributed by atoms with Crippen molar-refractivity contribution in [2.24, 2.45) is 0 Å². The Labute approximate surface area is 109 Å². The number of hydrogen-bond acceptors (Lipinski definition) is 4. The van der Waals surface area contributed by atoms with Gasteiger partial charge in [-0.25, -0.2) is 4.68 Å². The molecule has 0 radical (unpaired) electrons. The third-order valence-corrected chi connectivity index (χ3v) is 3.66. The first-order valence-corrected chi connectivity index (χ1v) is 6.98. The van der Waals surface area contributed by atoms with E-state index in [4.69, 9.17) is 0 Å². The van der Waals surface area contributed by atoms with Crippen LogP contribution in [0.2, 0.25) is 0 Å². The van der Waals surface area contributed by atoms with Gasteiger partial charge in [0.15, 0.2) is 0 Å². The third-order valence-electron chi connectivity index (χ3n) is 3.66. The lowest BCUT2D eigenvalue weighted by Crippen LogP contribution is -2.40. The van der Waals surface area contributed by atoms with Gasteiger partial charge in [0.2, 0.25) is 0 Å². The summed E-state index contributed by atoms with van der Waals surface area (Å²) in [6.45, 7) is 5.84. The van der Waals surface area contributed by atoms with Crippen LogP contribution in [0.15, 0.2) is 6.20 Å². The summed E-state index contributed by atoms with van der Waals surface area (Å²) in [6, 6.07) is 0.402. The molecule has 0 spiro atoms. The molecule has 2 N–H and O–H groups in total. The molecule has 2 rings (SSSR count). The quantitative estimate of drug-likeness (QED) is 0.832. The van der Waals surface area contributed by atoms with Gasteiger partial charge in [0.25, 0.3) is 0 Å². The minimum Gasteiger partial charge on any atom is -0.384 e. The fourth-order valence-electron chi connectivity index (χ4n) is 2.73. The second-order valence-electron chi connectivity index (χ2n) is 5.47. The molecule has 102 valence electrons. The summed E-state index contributed by atoms with van der Waals surface area (Å²) in [5, 5.41) is 22.2. The fourth-order valence-corrected chi connectivity index (χ4v) is 2.73. The number of rotatable bonds is 5. The molecule has 0 aromatic carbocycles. The van der Waals surface area contributed by atoms with E-state index in [1.54, 1.807) is 6.20 Å². The zero-order chi connectivity index (χ0) is 13.0. The summed E-state index contributed by atoms with van der Waals surface area (Å²) in [6.07, 6.45) is 7.05. The van der Waals surface area contributed by atoms with Crippen molar-refractivity contribution in [1.82, 2.24) is 20.3 Å². The first-order chi connectivity index (χ1) is 8.63. The molecule has 2 heterocycles. The molecule has 0 aliphatic carbocycles. The Morgan fingerprint density at radius 1 is 1.56 bits per heavy atom. The smallest absolute Gasteiger partial charge is 0.106 e. The number of aromatic nitrogens is 3. The summed E-state index contributed by atoms with van der Waals surface area (Å²) in [5.41, 5.74) is -0.0232. The molecule has 1 aromatic heterocycles. The molecule has 2 atom stereocenters. The van der Waals surface area contributed by atoms with Crippen LogP contribution in [0.4, 0.5) is 0 Å². The molecule has 0 amide bonds. The van der Waals surface area contributed by atoms with Crippen LogP contribution >= 0.6 is 0 Å². The van der Waals surface area contributed by atoms with Gasteiger partial charge in [-0.1, -0.05) is 18.6 Å². The highest BCUT2D eigenvalue weighted by molar-refractivity contribution is 5.07. The zero-order valence-electron chi connectivity index (χ0n) is 11.4. The lowest BCUT2D eigenvalue weighted by molar-refractivity contribution is 0.0244. The van der Waals surface area contributed by atoms with E-state index in [9.17, 15) is 5.11 Å². The molecule has 0 saturated carbocycles. The Morgan fingerprint density at radius 3 is 3.06 bits per heavy atom. The van der Waals surface area contributed by atoms with Crippen molar-refractivity contribution in [3.8, 4) is 0 Å². The maximum Gasteiger partial charge on any atom is 0.106 e. The molecule has 1 aliphatic heterocycles. The standard InChI is InChI=1S/C13H24N4O/c1-3-8-17-12(10-15-16-17)13(2,18)9-11-6-4-5-7-14-11/h10-11,14,18H,3-9H2,1-2H3. The molecule has 2 unspecified atom stereocenters. The minimum atomic E-state index is -0.853. The van der Waals surface area contributed by atoms with E-state index in [-0.39, 0.29) is 0 Å². The van der Waals surface area contributed by atoms with Crippen LogP contribution < -0.4 is 5.32 Å². The van der Waals surface area contributed by atoms with Crippen LogP contribution in [0.1, 0.15) is 51.6 Å². The van der Waals surface area contributed by atoms with E-state index in [2.05, 4.69) is 22.6 Å². The number of nitrogens with one attached hydrogen (secondary N) is 1. The Morgan fingerprint density at radius 2 is 2.39 bits per heavy atom. The molecule has 0 bridgehead atoms. The molecule has 5 nitrogen and oxygen atoms in total. The second-order valence-corrected chi connectivity index (χ2v) is 5.47. The zero-order valence-corrected chi connectivity index (χ0v) is 11.4. The topological polar surface area (TPSA) is 63.0 Å². The summed E-state index contributed by atoms with van der Waals surface area (Å²) < 4.78 is 1.82. The minimum absolute atomic E-state index is 0.402. The maximum absolute atomic E-state index is 10.7. The average Bonchev–Trinajstić information content (AvgIpc) is 2.79. The Balaban J connectivity index is 2.06. The Hall–Kier alpha value is -0.940. The van der Waals surface area contributed by atoms with Crippen molar-refractivity contribution >= 4 is 0 Å². The molecular formula is C13H24N4O. The predicted molar refractivity (Wildman–Crippen MR) is 70.1 cm³/mol. The van der Waals surface area contributed by atoms with Gasteiger partial charge in [-0.05, 0) is 39.2 Å². The van der Waals surface area contributed by atoms with Gasteiger partial charge in [-0.15, -0.1) is 5.10 Å².